The Morgan fingerprint density at radius 2 is 1.88 bits per heavy atom. The fraction of sp³-hybridized carbons (Fsp3) is 0.292. The van der Waals surface area contributed by atoms with E-state index in [4.69, 9.17) is 9.72 Å². The molecule has 8 heteroatoms. The van der Waals surface area contributed by atoms with Crippen LogP contribution in [0.1, 0.15) is 27.9 Å². The first-order valence-electron chi connectivity index (χ1n) is 10.7. The average Bonchev–Trinajstić information content (AvgIpc) is 2.79. The molecule has 5 rings (SSSR count). The molecule has 0 aliphatic carbocycles. The van der Waals surface area contributed by atoms with E-state index < -0.39 is 0 Å². The van der Waals surface area contributed by atoms with Gasteiger partial charge < -0.3 is 15.4 Å². The lowest BCUT2D eigenvalue weighted by Gasteiger charge is -2.32. The van der Waals surface area contributed by atoms with E-state index in [2.05, 4.69) is 46.3 Å². The van der Waals surface area contributed by atoms with Crippen LogP contribution in [0.25, 0.3) is 11.3 Å². The van der Waals surface area contributed by atoms with Gasteiger partial charge in [-0.05, 0) is 68.1 Å². The first-order chi connectivity index (χ1) is 15.6. The van der Waals surface area contributed by atoms with Crippen LogP contribution in [-0.4, -0.2) is 41.1 Å². The molecule has 0 radical (unpaired) electrons. The summed E-state index contributed by atoms with van der Waals surface area (Å²) in [6.07, 6.45) is 0.544. The standard InChI is InChI=1S/C24H25N5O2S/c1-14-5-3-6-15(2)22(14)19-12-21-28-24(27-19)29-32-17-8-4-7-16(11-17)23(30)26-18-9-10-25-13-20(18)31-21/h3-8,11-12,18,20,25H,9-10,13H2,1-2H3,(H,26,30)(H,27,28,29). The number of benzene rings is 2. The van der Waals surface area contributed by atoms with Crippen LogP contribution in [0.2, 0.25) is 0 Å². The Morgan fingerprint density at radius 3 is 2.72 bits per heavy atom. The summed E-state index contributed by atoms with van der Waals surface area (Å²) in [5.74, 6) is 0.857. The molecule has 0 spiro atoms. The summed E-state index contributed by atoms with van der Waals surface area (Å²) in [5.41, 5.74) is 4.79. The van der Waals surface area contributed by atoms with Crippen LogP contribution < -0.4 is 20.1 Å². The van der Waals surface area contributed by atoms with E-state index in [1.807, 2.05) is 36.4 Å². The van der Waals surface area contributed by atoms with Crippen molar-refractivity contribution in [3.8, 4) is 17.1 Å². The number of carbonyl (C=O) groups is 1. The molecule has 0 saturated carbocycles. The van der Waals surface area contributed by atoms with Crippen molar-refractivity contribution in [1.29, 1.82) is 0 Å². The van der Waals surface area contributed by atoms with Crippen LogP contribution in [0.5, 0.6) is 5.88 Å². The van der Waals surface area contributed by atoms with Gasteiger partial charge in [0.05, 0.1) is 11.7 Å². The van der Waals surface area contributed by atoms with Crippen molar-refractivity contribution in [2.75, 3.05) is 17.8 Å². The van der Waals surface area contributed by atoms with Crippen molar-refractivity contribution >= 4 is 23.8 Å². The first-order valence-corrected chi connectivity index (χ1v) is 11.6. The van der Waals surface area contributed by atoms with Crippen LogP contribution in [0, 0.1) is 13.8 Å². The molecule has 2 aromatic carbocycles. The van der Waals surface area contributed by atoms with Gasteiger partial charge in [0.25, 0.3) is 5.91 Å². The number of hydrogen-bond acceptors (Lipinski definition) is 7. The van der Waals surface area contributed by atoms with Gasteiger partial charge in [-0.25, -0.2) is 4.98 Å². The van der Waals surface area contributed by atoms with E-state index in [0.29, 0.717) is 23.9 Å². The quantitative estimate of drug-likeness (QED) is 0.490. The summed E-state index contributed by atoms with van der Waals surface area (Å²) in [6, 6.07) is 15.5. The number of rotatable bonds is 1. The second-order valence-electron chi connectivity index (χ2n) is 8.14. The van der Waals surface area contributed by atoms with E-state index in [9.17, 15) is 4.79 Å². The Balaban J connectivity index is 1.60. The molecule has 1 amide bonds. The molecule has 3 heterocycles. The Kier molecular flexibility index (Phi) is 5.71. The molecular weight excluding hydrogens is 422 g/mol. The molecule has 2 aliphatic heterocycles. The zero-order valence-electron chi connectivity index (χ0n) is 18.0. The number of ether oxygens (including phenoxy) is 1. The molecule has 4 bridgehead atoms. The molecular formula is C24H25N5O2S. The third-order valence-electron chi connectivity index (χ3n) is 5.81. The second kappa shape index (κ2) is 8.80. The number of aryl methyl sites for hydroxylation is 2. The van der Waals surface area contributed by atoms with Crippen molar-refractivity contribution in [2.45, 2.75) is 37.3 Å². The maximum absolute atomic E-state index is 12.9. The van der Waals surface area contributed by atoms with E-state index in [1.165, 1.54) is 11.9 Å². The van der Waals surface area contributed by atoms with Crippen LogP contribution in [0.15, 0.2) is 53.4 Å². The molecule has 2 aliphatic rings. The summed E-state index contributed by atoms with van der Waals surface area (Å²) < 4.78 is 9.58. The van der Waals surface area contributed by atoms with Gasteiger partial charge in [-0.2, -0.15) is 4.98 Å². The molecule has 32 heavy (non-hydrogen) atoms. The van der Waals surface area contributed by atoms with Crippen molar-refractivity contribution < 1.29 is 9.53 Å². The van der Waals surface area contributed by atoms with E-state index in [0.717, 1.165) is 40.2 Å². The minimum Gasteiger partial charge on any atom is -0.471 e. The lowest BCUT2D eigenvalue weighted by atomic mass is 10.00. The van der Waals surface area contributed by atoms with E-state index >= 15 is 0 Å². The summed E-state index contributed by atoms with van der Waals surface area (Å²) in [7, 11) is 0. The topological polar surface area (TPSA) is 88.2 Å². The number of amides is 1. The SMILES string of the molecule is Cc1cccc(C)c1-c1cc2nc(n1)NSc1cccc(c1)C(=O)NC1CCNCC1O2. The van der Waals surface area contributed by atoms with Gasteiger partial charge in [0, 0.05) is 28.6 Å². The molecule has 1 saturated heterocycles. The predicted octanol–water partition coefficient (Wildman–Crippen LogP) is 3.73. The number of aromatic nitrogens is 2. The first kappa shape index (κ1) is 20.8. The normalized spacial score (nSPS) is 20.4. The number of nitrogens with zero attached hydrogens (tertiary/aromatic N) is 2. The third kappa shape index (κ3) is 4.28. The zero-order valence-corrected chi connectivity index (χ0v) is 18.8. The molecule has 7 nitrogen and oxygen atoms in total. The third-order valence-corrected chi connectivity index (χ3v) is 6.59. The fourth-order valence-corrected chi connectivity index (χ4v) is 4.84. The molecule has 3 aromatic rings. The Morgan fingerprint density at radius 1 is 1.06 bits per heavy atom. The van der Waals surface area contributed by atoms with Crippen molar-refractivity contribution in [3.05, 3.63) is 65.2 Å². The maximum atomic E-state index is 12.9. The van der Waals surface area contributed by atoms with Gasteiger partial charge in [-0.15, -0.1) is 0 Å². The highest BCUT2D eigenvalue weighted by molar-refractivity contribution is 8.00. The number of anilines is 1. The van der Waals surface area contributed by atoms with Gasteiger partial charge >= 0.3 is 0 Å². The summed E-state index contributed by atoms with van der Waals surface area (Å²) in [4.78, 5) is 23.2. The second-order valence-corrected chi connectivity index (χ2v) is 9.02. The highest BCUT2D eigenvalue weighted by atomic mass is 32.2. The van der Waals surface area contributed by atoms with Gasteiger partial charge in [0.2, 0.25) is 11.8 Å². The predicted molar refractivity (Wildman–Crippen MR) is 126 cm³/mol. The summed E-state index contributed by atoms with van der Waals surface area (Å²) in [6.45, 7) is 5.62. The lowest BCUT2D eigenvalue weighted by molar-refractivity contribution is 0.0816. The van der Waals surface area contributed by atoms with Gasteiger partial charge in [-0.1, -0.05) is 24.3 Å². The Hall–Kier alpha value is -3.10. The molecule has 1 aromatic heterocycles. The number of fused-ring (bicyclic) bond motifs is 5. The fourth-order valence-electron chi connectivity index (χ4n) is 4.21. The zero-order chi connectivity index (χ0) is 22.1. The monoisotopic (exact) mass is 447 g/mol. The molecule has 1 fully saturated rings. The molecule has 2 atom stereocenters. The van der Waals surface area contributed by atoms with Crippen molar-refractivity contribution in [1.82, 2.24) is 20.6 Å². The summed E-state index contributed by atoms with van der Waals surface area (Å²) >= 11 is 1.37. The minimum absolute atomic E-state index is 0.0961. The number of carbonyl (C=O) groups excluding carboxylic acids is 1. The van der Waals surface area contributed by atoms with Crippen LogP contribution in [-0.2, 0) is 0 Å². The van der Waals surface area contributed by atoms with Gasteiger partial charge in [0.15, 0.2) is 0 Å². The Bertz CT molecular complexity index is 1150. The molecule has 3 N–H and O–H groups in total. The van der Waals surface area contributed by atoms with Gasteiger partial charge in [-0.3, -0.25) is 9.52 Å². The van der Waals surface area contributed by atoms with Crippen LogP contribution in [0.3, 0.4) is 0 Å². The van der Waals surface area contributed by atoms with E-state index in [1.54, 1.807) is 0 Å². The minimum atomic E-state index is -0.238. The average molecular weight is 448 g/mol. The van der Waals surface area contributed by atoms with Crippen LogP contribution >= 0.6 is 11.9 Å². The number of nitrogens with one attached hydrogen (secondary N) is 3. The highest BCUT2D eigenvalue weighted by Crippen LogP contribution is 2.31. The summed E-state index contributed by atoms with van der Waals surface area (Å²) in [5, 5.41) is 6.52. The highest BCUT2D eigenvalue weighted by Gasteiger charge is 2.29. The Labute approximate surface area is 191 Å². The van der Waals surface area contributed by atoms with Gasteiger partial charge in [0.1, 0.15) is 6.10 Å². The molecule has 2 unspecified atom stereocenters. The lowest BCUT2D eigenvalue weighted by Crippen LogP contribution is -2.55. The smallest absolute Gasteiger partial charge is 0.251 e. The van der Waals surface area contributed by atoms with Crippen molar-refractivity contribution in [3.63, 3.8) is 0 Å². The maximum Gasteiger partial charge on any atom is 0.251 e. The number of piperidine rings is 1. The van der Waals surface area contributed by atoms with Crippen LogP contribution in [0.4, 0.5) is 5.95 Å². The largest absolute Gasteiger partial charge is 0.471 e. The van der Waals surface area contributed by atoms with Crippen molar-refractivity contribution in [2.24, 2.45) is 0 Å². The van der Waals surface area contributed by atoms with E-state index in [-0.39, 0.29) is 18.1 Å². The number of hydrogen-bond donors (Lipinski definition) is 3. The molecule has 164 valence electrons.